The van der Waals surface area contributed by atoms with Crippen LogP contribution in [0, 0.1) is 0 Å². The predicted octanol–water partition coefficient (Wildman–Crippen LogP) is 2.16. The maximum atomic E-state index is 11.9. The van der Waals surface area contributed by atoms with Crippen LogP contribution >= 0.6 is 0 Å². The van der Waals surface area contributed by atoms with Crippen LogP contribution in [0.3, 0.4) is 0 Å². The number of hydrogen-bond acceptors (Lipinski definition) is 4. The minimum Gasteiger partial charge on any atom is -0.369 e. The zero-order chi connectivity index (χ0) is 16.8. The Labute approximate surface area is 142 Å². The third kappa shape index (κ3) is 4.45. The number of nitrogens with zero attached hydrogens (tertiary/aromatic N) is 3. The van der Waals surface area contributed by atoms with E-state index in [2.05, 4.69) is 44.6 Å². The molecule has 2 N–H and O–H groups in total. The van der Waals surface area contributed by atoms with Crippen LogP contribution in [-0.4, -0.2) is 49.1 Å². The highest BCUT2D eigenvalue weighted by molar-refractivity contribution is 5.89. The number of anilines is 2. The van der Waals surface area contributed by atoms with Gasteiger partial charge >= 0.3 is 6.03 Å². The van der Waals surface area contributed by atoms with E-state index in [0.717, 1.165) is 37.4 Å². The van der Waals surface area contributed by atoms with Gasteiger partial charge in [0.2, 0.25) is 0 Å². The monoisotopic (exact) mass is 325 g/mol. The summed E-state index contributed by atoms with van der Waals surface area (Å²) in [6.07, 6.45) is 3.45. The fourth-order valence-electron chi connectivity index (χ4n) is 2.68. The molecule has 0 saturated carbocycles. The molecule has 0 spiro atoms. The highest BCUT2D eigenvalue weighted by Gasteiger charge is 2.14. The van der Waals surface area contributed by atoms with Crippen LogP contribution in [0.1, 0.15) is 5.56 Å². The summed E-state index contributed by atoms with van der Waals surface area (Å²) in [6, 6.07) is 11.6. The maximum absolute atomic E-state index is 11.9. The zero-order valence-electron chi connectivity index (χ0n) is 13.9. The van der Waals surface area contributed by atoms with Gasteiger partial charge in [0.15, 0.2) is 0 Å². The minimum atomic E-state index is -0.216. The van der Waals surface area contributed by atoms with Crippen molar-refractivity contribution in [3.8, 4) is 0 Å². The Morgan fingerprint density at radius 1 is 1.12 bits per heavy atom. The van der Waals surface area contributed by atoms with Gasteiger partial charge < -0.3 is 20.4 Å². The summed E-state index contributed by atoms with van der Waals surface area (Å²) in [6.45, 7) is 4.69. The Bertz CT molecular complexity index is 651. The fraction of sp³-hybridized carbons (Fsp3) is 0.333. The second kappa shape index (κ2) is 7.79. The molecule has 6 heteroatoms. The lowest BCUT2D eigenvalue weighted by Gasteiger charge is -2.34. The van der Waals surface area contributed by atoms with Gasteiger partial charge in [0.1, 0.15) is 0 Å². The van der Waals surface area contributed by atoms with Crippen molar-refractivity contribution in [2.75, 3.05) is 43.4 Å². The molecule has 1 aromatic carbocycles. The molecule has 0 aliphatic carbocycles. The minimum absolute atomic E-state index is 0.216. The van der Waals surface area contributed by atoms with Gasteiger partial charge in [0, 0.05) is 56.5 Å². The Kier molecular flexibility index (Phi) is 5.28. The molecule has 0 unspecified atom stereocenters. The molecule has 3 rings (SSSR count). The van der Waals surface area contributed by atoms with Crippen molar-refractivity contribution in [3.05, 3.63) is 54.4 Å². The first kappa shape index (κ1) is 16.3. The van der Waals surface area contributed by atoms with Gasteiger partial charge in [0.25, 0.3) is 0 Å². The van der Waals surface area contributed by atoms with E-state index in [-0.39, 0.29) is 6.03 Å². The van der Waals surface area contributed by atoms with Gasteiger partial charge in [-0.2, -0.15) is 0 Å². The summed E-state index contributed by atoms with van der Waals surface area (Å²) in [5, 5.41) is 5.68. The largest absolute Gasteiger partial charge is 0.369 e. The zero-order valence-corrected chi connectivity index (χ0v) is 13.9. The molecular formula is C18H23N5O. The van der Waals surface area contributed by atoms with Crippen molar-refractivity contribution < 1.29 is 4.79 Å². The van der Waals surface area contributed by atoms with Crippen LogP contribution in [0.5, 0.6) is 0 Å². The van der Waals surface area contributed by atoms with E-state index in [1.165, 1.54) is 5.69 Å². The normalized spacial score (nSPS) is 15.1. The van der Waals surface area contributed by atoms with Gasteiger partial charge in [-0.25, -0.2) is 4.79 Å². The average molecular weight is 325 g/mol. The summed E-state index contributed by atoms with van der Waals surface area (Å²) < 4.78 is 0. The summed E-state index contributed by atoms with van der Waals surface area (Å²) in [5.41, 5.74) is 2.96. The lowest BCUT2D eigenvalue weighted by molar-refractivity contribution is 0.251. The lowest BCUT2D eigenvalue weighted by atomic mass is 10.2. The molecule has 1 aliphatic heterocycles. The van der Waals surface area contributed by atoms with Crippen LogP contribution < -0.4 is 15.5 Å². The van der Waals surface area contributed by atoms with Crippen molar-refractivity contribution in [3.63, 3.8) is 0 Å². The Balaban J connectivity index is 1.49. The molecule has 24 heavy (non-hydrogen) atoms. The number of carbonyl (C=O) groups is 1. The summed E-state index contributed by atoms with van der Waals surface area (Å²) in [4.78, 5) is 20.7. The smallest absolute Gasteiger partial charge is 0.319 e. The predicted molar refractivity (Wildman–Crippen MR) is 96.2 cm³/mol. The number of urea groups is 1. The van der Waals surface area contributed by atoms with Crippen LogP contribution in [0.2, 0.25) is 0 Å². The van der Waals surface area contributed by atoms with E-state index in [0.29, 0.717) is 6.54 Å². The molecule has 2 amide bonds. The first-order chi connectivity index (χ1) is 11.7. The van der Waals surface area contributed by atoms with Gasteiger partial charge in [-0.1, -0.05) is 6.07 Å². The number of benzene rings is 1. The first-order valence-electron chi connectivity index (χ1n) is 8.18. The quantitative estimate of drug-likeness (QED) is 0.904. The number of aromatic nitrogens is 1. The fourth-order valence-corrected chi connectivity index (χ4v) is 2.68. The maximum Gasteiger partial charge on any atom is 0.319 e. The Hall–Kier alpha value is -2.60. The van der Waals surface area contributed by atoms with E-state index >= 15 is 0 Å². The topological polar surface area (TPSA) is 60.5 Å². The Morgan fingerprint density at radius 2 is 1.88 bits per heavy atom. The van der Waals surface area contributed by atoms with Crippen molar-refractivity contribution in [1.29, 1.82) is 0 Å². The van der Waals surface area contributed by atoms with E-state index in [4.69, 9.17) is 0 Å². The number of amides is 2. The highest BCUT2D eigenvalue weighted by atomic mass is 16.2. The van der Waals surface area contributed by atoms with E-state index < -0.39 is 0 Å². The molecule has 6 nitrogen and oxygen atoms in total. The third-order valence-corrected chi connectivity index (χ3v) is 4.17. The number of piperazine rings is 1. The number of nitrogens with one attached hydrogen (secondary N) is 2. The molecule has 126 valence electrons. The van der Waals surface area contributed by atoms with E-state index in [1.807, 2.05) is 24.3 Å². The molecule has 1 aliphatic rings. The number of rotatable bonds is 4. The Morgan fingerprint density at radius 3 is 2.54 bits per heavy atom. The molecule has 2 aromatic rings. The van der Waals surface area contributed by atoms with Crippen LogP contribution in [0.15, 0.2) is 48.8 Å². The molecule has 1 fully saturated rings. The van der Waals surface area contributed by atoms with Gasteiger partial charge in [-0.3, -0.25) is 4.98 Å². The van der Waals surface area contributed by atoms with Crippen molar-refractivity contribution >= 4 is 17.4 Å². The molecular weight excluding hydrogens is 302 g/mol. The van der Waals surface area contributed by atoms with Crippen LogP contribution in [0.25, 0.3) is 0 Å². The molecule has 0 atom stereocenters. The SMILES string of the molecule is CN1CCN(c2ccc(NC(=O)NCc3cccnc3)cc2)CC1. The van der Waals surface area contributed by atoms with E-state index in [1.54, 1.807) is 12.4 Å². The lowest BCUT2D eigenvalue weighted by Crippen LogP contribution is -2.44. The second-order valence-electron chi connectivity index (χ2n) is 6.01. The highest BCUT2D eigenvalue weighted by Crippen LogP contribution is 2.19. The first-order valence-corrected chi connectivity index (χ1v) is 8.18. The third-order valence-electron chi connectivity index (χ3n) is 4.17. The van der Waals surface area contributed by atoms with Crippen molar-refractivity contribution in [1.82, 2.24) is 15.2 Å². The average Bonchev–Trinajstić information content (AvgIpc) is 2.62. The van der Waals surface area contributed by atoms with Gasteiger partial charge in [0.05, 0.1) is 0 Å². The van der Waals surface area contributed by atoms with Gasteiger partial charge in [-0.05, 0) is 42.9 Å². The van der Waals surface area contributed by atoms with Crippen LogP contribution in [0.4, 0.5) is 16.2 Å². The number of likely N-dealkylation sites (N-methyl/N-ethyl adjacent to an activating group) is 1. The van der Waals surface area contributed by atoms with Crippen molar-refractivity contribution in [2.45, 2.75) is 6.54 Å². The second-order valence-corrected chi connectivity index (χ2v) is 6.01. The number of pyridine rings is 1. The summed E-state index contributed by atoms with van der Waals surface area (Å²) in [5.74, 6) is 0. The van der Waals surface area contributed by atoms with E-state index in [9.17, 15) is 4.79 Å². The van der Waals surface area contributed by atoms with Gasteiger partial charge in [-0.15, -0.1) is 0 Å². The molecule has 1 saturated heterocycles. The number of hydrogen-bond donors (Lipinski definition) is 2. The summed E-state index contributed by atoms with van der Waals surface area (Å²) in [7, 11) is 2.15. The molecule has 2 heterocycles. The molecule has 0 bridgehead atoms. The molecule has 0 radical (unpaired) electrons. The summed E-state index contributed by atoms with van der Waals surface area (Å²) >= 11 is 0. The van der Waals surface area contributed by atoms with Crippen molar-refractivity contribution in [2.24, 2.45) is 0 Å². The van der Waals surface area contributed by atoms with Crippen LogP contribution in [-0.2, 0) is 6.54 Å². The standard InChI is InChI=1S/C18H23N5O/c1-22-9-11-23(12-10-22)17-6-4-16(5-7-17)21-18(24)20-14-15-3-2-8-19-13-15/h2-8,13H,9-12,14H2,1H3,(H2,20,21,24). The molecule has 1 aromatic heterocycles. The number of carbonyl (C=O) groups excluding carboxylic acids is 1.